The molecular weight excluding hydrogens is 586 g/mol. The number of aromatic nitrogens is 4. The second-order valence-corrected chi connectivity index (χ2v) is 11.9. The number of ether oxygens (including phenoxy) is 3. The van der Waals surface area contributed by atoms with Gasteiger partial charge >= 0.3 is 0 Å². The monoisotopic (exact) mass is 623 g/mol. The van der Waals surface area contributed by atoms with Crippen molar-refractivity contribution in [2.75, 3.05) is 20.3 Å². The fourth-order valence-corrected chi connectivity index (χ4v) is 7.01. The minimum atomic E-state index is -1.85. The summed E-state index contributed by atoms with van der Waals surface area (Å²) >= 11 is 0. The van der Waals surface area contributed by atoms with Crippen LogP contribution in [0.15, 0.2) is 102 Å². The van der Waals surface area contributed by atoms with Crippen LogP contribution in [-0.2, 0) is 15.0 Å². The maximum atomic E-state index is 12.5. The third-order valence-electron chi connectivity index (χ3n) is 9.34. The number of hydrogen-bond donors (Lipinski definition) is 4. The van der Waals surface area contributed by atoms with Crippen molar-refractivity contribution in [2.45, 2.75) is 54.9 Å². The lowest BCUT2D eigenvalue weighted by atomic mass is 9.76. The van der Waals surface area contributed by atoms with Crippen LogP contribution in [0.2, 0.25) is 0 Å². The second kappa shape index (κ2) is 12.4. The van der Waals surface area contributed by atoms with E-state index < -0.39 is 41.2 Å². The second-order valence-electron chi connectivity index (χ2n) is 11.9. The fourth-order valence-electron chi connectivity index (χ4n) is 7.01. The zero-order valence-corrected chi connectivity index (χ0v) is 25.5. The van der Waals surface area contributed by atoms with Gasteiger partial charge in [-0.3, -0.25) is 14.7 Å². The Morgan fingerprint density at radius 3 is 2.30 bits per heavy atom. The van der Waals surface area contributed by atoms with Crippen LogP contribution < -0.4 is 15.6 Å². The molecule has 11 heteroatoms. The number of aliphatic hydroxyl groups excluding tert-OH is 1. The minimum absolute atomic E-state index is 0.112. The molecule has 238 valence electrons. The number of aromatic amines is 1. The average molecular weight is 624 g/mol. The van der Waals surface area contributed by atoms with Crippen LogP contribution in [0, 0.1) is 0 Å². The Labute approximate surface area is 265 Å². The van der Waals surface area contributed by atoms with Crippen molar-refractivity contribution < 1.29 is 24.4 Å². The average Bonchev–Trinajstić information content (AvgIpc) is 3.66. The van der Waals surface area contributed by atoms with Gasteiger partial charge in [0, 0.05) is 13.2 Å². The van der Waals surface area contributed by atoms with E-state index in [1.54, 1.807) is 7.11 Å². The Kier molecular flexibility index (Phi) is 8.18. The zero-order valence-electron chi connectivity index (χ0n) is 25.5. The molecule has 0 aliphatic carbocycles. The molecule has 46 heavy (non-hydrogen) atoms. The van der Waals surface area contributed by atoms with E-state index in [9.17, 15) is 15.0 Å². The van der Waals surface area contributed by atoms with Gasteiger partial charge in [0.1, 0.15) is 18.0 Å². The van der Waals surface area contributed by atoms with Crippen LogP contribution in [-0.4, -0.2) is 73.9 Å². The van der Waals surface area contributed by atoms with Crippen molar-refractivity contribution >= 4 is 11.2 Å². The number of imidazole rings is 1. The fraction of sp³-hybridized carbons (Fsp3) is 0.343. The van der Waals surface area contributed by atoms with Gasteiger partial charge in [-0.1, -0.05) is 72.8 Å². The van der Waals surface area contributed by atoms with Crippen molar-refractivity contribution in [1.29, 1.82) is 0 Å². The molecule has 0 spiro atoms. The summed E-state index contributed by atoms with van der Waals surface area (Å²) in [6, 6.07) is 28.1. The van der Waals surface area contributed by atoms with Gasteiger partial charge in [0.2, 0.25) is 0 Å². The number of H-pyrrole nitrogens is 1. The van der Waals surface area contributed by atoms with Crippen LogP contribution in [0.3, 0.4) is 0 Å². The van der Waals surface area contributed by atoms with Gasteiger partial charge in [0.05, 0.1) is 31.4 Å². The van der Waals surface area contributed by atoms with Crippen molar-refractivity contribution in [3.63, 3.8) is 0 Å². The molecular formula is C35H37N5O6. The molecule has 0 saturated carbocycles. The summed E-state index contributed by atoms with van der Waals surface area (Å²) in [6.45, 7) is 0.601. The third kappa shape index (κ3) is 5.01. The lowest BCUT2D eigenvalue weighted by Crippen LogP contribution is -2.58. The summed E-state index contributed by atoms with van der Waals surface area (Å²) in [6.07, 6.45) is 0.871. The third-order valence-corrected chi connectivity index (χ3v) is 9.34. The summed E-state index contributed by atoms with van der Waals surface area (Å²) in [7, 11) is 1.64. The van der Waals surface area contributed by atoms with Gasteiger partial charge in [-0.05, 0) is 48.1 Å². The van der Waals surface area contributed by atoms with E-state index in [1.165, 1.54) is 17.2 Å². The Morgan fingerprint density at radius 1 is 1.00 bits per heavy atom. The highest BCUT2D eigenvalue weighted by Crippen LogP contribution is 2.46. The highest BCUT2D eigenvalue weighted by Gasteiger charge is 2.61. The lowest BCUT2D eigenvalue weighted by molar-refractivity contribution is -0.197. The Bertz CT molecular complexity index is 1780. The predicted octanol–water partition coefficient (Wildman–Crippen LogP) is 3.27. The van der Waals surface area contributed by atoms with Crippen LogP contribution in [0.5, 0.6) is 5.75 Å². The Morgan fingerprint density at radius 2 is 1.67 bits per heavy atom. The van der Waals surface area contributed by atoms with Crippen LogP contribution in [0.4, 0.5) is 0 Å². The predicted molar refractivity (Wildman–Crippen MR) is 170 cm³/mol. The molecule has 4 N–H and O–H groups in total. The molecule has 2 aromatic heterocycles. The Balaban J connectivity index is 1.31. The van der Waals surface area contributed by atoms with Gasteiger partial charge in [-0.25, -0.2) is 9.97 Å². The van der Waals surface area contributed by atoms with E-state index >= 15 is 0 Å². The molecule has 0 bridgehead atoms. The first kappa shape index (κ1) is 30.3. The van der Waals surface area contributed by atoms with E-state index in [-0.39, 0.29) is 17.7 Å². The normalized spacial score (nSPS) is 25.1. The quantitative estimate of drug-likeness (QED) is 0.182. The highest BCUT2D eigenvalue weighted by atomic mass is 16.6. The van der Waals surface area contributed by atoms with Crippen LogP contribution >= 0.6 is 0 Å². The smallest absolute Gasteiger partial charge is 0.278 e. The largest absolute Gasteiger partial charge is 0.497 e. The molecule has 4 heterocycles. The number of methoxy groups -OCH3 is 1. The first-order valence-corrected chi connectivity index (χ1v) is 15.5. The standard InChI is InChI=1S/C35H37N5O6/c1-44-26-17-15-25(16-18-26)34(23-10-4-2-5-11-23,24-12-6-3-7-13-24)39-20-27-30(41)35(43,28-14-8-9-19-45-28)33(46-27)40-22-38-29-31(40)36-21-37-32(29)42/h2-7,10-13,15-18,21-22,27-28,30,33,39,41,43H,8-9,14,19-20H2,1H3,(H,36,37,42)/t27-,28?,30-,33-,35-/m1/s1. The maximum Gasteiger partial charge on any atom is 0.278 e. The van der Waals surface area contributed by atoms with Crippen LogP contribution in [0.25, 0.3) is 11.2 Å². The van der Waals surface area contributed by atoms with E-state index in [1.807, 2.05) is 60.7 Å². The molecule has 0 amide bonds. The molecule has 11 nitrogen and oxygen atoms in total. The van der Waals surface area contributed by atoms with E-state index in [0.29, 0.717) is 13.0 Å². The van der Waals surface area contributed by atoms with Gasteiger partial charge in [0.15, 0.2) is 23.0 Å². The molecule has 1 unspecified atom stereocenters. The van der Waals surface area contributed by atoms with E-state index in [2.05, 4.69) is 44.5 Å². The Hall–Kier alpha value is -4.39. The number of rotatable bonds is 9. The highest BCUT2D eigenvalue weighted by molar-refractivity contribution is 5.69. The van der Waals surface area contributed by atoms with Crippen molar-refractivity contribution in [1.82, 2.24) is 24.8 Å². The number of nitrogens with zero attached hydrogens (tertiary/aromatic N) is 3. The van der Waals surface area contributed by atoms with Crippen LogP contribution in [0.1, 0.15) is 42.2 Å². The summed E-state index contributed by atoms with van der Waals surface area (Å²) in [4.78, 5) is 23.6. The SMILES string of the molecule is COc1ccc(C(NC[C@H]2O[C@@H](n3cnc4c(=O)[nH]cnc43)[C@@](O)(C3CCCCO3)[C@@H]2O)(c2ccccc2)c2ccccc2)cc1. The molecule has 5 aromatic rings. The summed E-state index contributed by atoms with van der Waals surface area (Å²) in [5.74, 6) is 0.730. The van der Waals surface area contributed by atoms with Crippen molar-refractivity contribution in [3.8, 4) is 5.75 Å². The van der Waals surface area contributed by atoms with Gasteiger partial charge in [-0.2, -0.15) is 0 Å². The van der Waals surface area contributed by atoms with Gasteiger partial charge < -0.3 is 29.4 Å². The lowest BCUT2D eigenvalue weighted by Gasteiger charge is -2.40. The first-order valence-electron chi connectivity index (χ1n) is 15.5. The maximum absolute atomic E-state index is 12.5. The first-order chi connectivity index (χ1) is 22.5. The van der Waals surface area contributed by atoms with Gasteiger partial charge in [0.25, 0.3) is 5.56 Å². The number of benzene rings is 3. The molecule has 3 aromatic carbocycles. The number of fused-ring (bicyclic) bond motifs is 1. The molecule has 2 aliphatic rings. The minimum Gasteiger partial charge on any atom is -0.497 e. The topological polar surface area (TPSA) is 144 Å². The number of nitrogens with one attached hydrogen (secondary N) is 2. The molecule has 5 atom stereocenters. The van der Waals surface area contributed by atoms with Gasteiger partial charge in [-0.15, -0.1) is 0 Å². The van der Waals surface area contributed by atoms with Crippen molar-refractivity contribution in [3.05, 3.63) is 125 Å². The number of aliphatic hydroxyl groups is 2. The molecule has 2 aliphatic heterocycles. The molecule has 2 fully saturated rings. The molecule has 0 radical (unpaired) electrons. The zero-order chi connectivity index (χ0) is 31.7. The van der Waals surface area contributed by atoms with E-state index in [4.69, 9.17) is 14.2 Å². The van der Waals surface area contributed by atoms with Crippen molar-refractivity contribution in [2.24, 2.45) is 0 Å². The summed E-state index contributed by atoms with van der Waals surface area (Å²) < 4.78 is 19.7. The van der Waals surface area contributed by atoms with E-state index in [0.717, 1.165) is 35.3 Å². The number of hydrogen-bond acceptors (Lipinski definition) is 9. The molecule has 2 saturated heterocycles. The molecule has 7 rings (SSSR count). The summed E-state index contributed by atoms with van der Waals surface area (Å²) in [5, 5.41) is 28.2. The summed E-state index contributed by atoms with van der Waals surface area (Å²) in [5.41, 5.74) is 0.123.